The molecule has 0 radical (unpaired) electrons. The Balaban J connectivity index is 1.14. The third-order valence-corrected chi connectivity index (χ3v) is 9.30. The molecule has 6 nitrogen and oxygen atoms in total. The lowest BCUT2D eigenvalue weighted by atomic mass is 9.97. The van der Waals surface area contributed by atoms with E-state index in [0.717, 1.165) is 28.5 Å². The van der Waals surface area contributed by atoms with E-state index in [0.29, 0.717) is 58.7 Å². The van der Waals surface area contributed by atoms with Gasteiger partial charge in [0.1, 0.15) is 10.7 Å². The van der Waals surface area contributed by atoms with Gasteiger partial charge in [-0.3, -0.25) is 4.79 Å². The number of oxime groups is 1. The Kier molecular flexibility index (Phi) is 8.63. The molecule has 2 aliphatic heterocycles. The highest BCUT2D eigenvalue weighted by Gasteiger charge is 2.35. The minimum absolute atomic E-state index is 0.102. The molecular weight excluding hydrogens is 616 g/mol. The first-order chi connectivity index (χ1) is 18.6. The van der Waals surface area contributed by atoms with E-state index in [1.54, 1.807) is 17.0 Å². The van der Waals surface area contributed by atoms with Crippen LogP contribution in [-0.4, -0.2) is 45.3 Å². The fourth-order valence-corrected chi connectivity index (χ4v) is 7.45. The fraction of sp³-hybridized carbons (Fsp3) is 0.360. The van der Waals surface area contributed by atoms with Crippen LogP contribution in [0.1, 0.15) is 53.1 Å². The second-order valence-corrected chi connectivity index (χ2v) is 12.1. The molecule has 1 aromatic carbocycles. The number of piperidine rings is 1. The molecule has 1 saturated heterocycles. The Hall–Kier alpha value is -2.05. The number of carbonyl (C=O) groups is 1. The standard InChI is InChI=1S/C25H20Cl3F3N4O2S2/c26-14-8-16(27)22(17(28)9-14)20-10-18(34-37-20)19-11-38-23(33-19)13-3-6-35(7-4-13)21(36)12-39-24-15(25(29,30)31)2-1-5-32-24/h1-2,5,8-9,11,13,20H,3-4,6-7,10,12H2. The summed E-state index contributed by atoms with van der Waals surface area (Å²) in [7, 11) is 0. The van der Waals surface area contributed by atoms with Crippen molar-refractivity contribution in [3.05, 3.63) is 72.7 Å². The monoisotopic (exact) mass is 634 g/mol. The quantitative estimate of drug-likeness (QED) is 0.258. The van der Waals surface area contributed by atoms with Crippen molar-refractivity contribution in [3.8, 4) is 0 Å². The Morgan fingerprint density at radius 1 is 1.18 bits per heavy atom. The summed E-state index contributed by atoms with van der Waals surface area (Å²) in [6.07, 6.45) is -1.78. The average Bonchev–Trinajstić information content (AvgIpc) is 3.57. The van der Waals surface area contributed by atoms with E-state index >= 15 is 0 Å². The van der Waals surface area contributed by atoms with Gasteiger partial charge < -0.3 is 9.74 Å². The summed E-state index contributed by atoms with van der Waals surface area (Å²) in [5.41, 5.74) is 1.22. The molecule has 0 bridgehead atoms. The topological polar surface area (TPSA) is 67.7 Å². The van der Waals surface area contributed by atoms with Gasteiger partial charge in [-0.2, -0.15) is 13.2 Å². The molecule has 1 unspecified atom stereocenters. The van der Waals surface area contributed by atoms with Gasteiger partial charge in [-0.15, -0.1) is 11.3 Å². The Labute approximate surface area is 245 Å². The van der Waals surface area contributed by atoms with Gasteiger partial charge in [0, 0.05) is 47.6 Å². The highest BCUT2D eigenvalue weighted by molar-refractivity contribution is 7.99. The molecule has 14 heteroatoms. The molecule has 5 rings (SSSR count). The van der Waals surface area contributed by atoms with Crippen LogP contribution in [0.4, 0.5) is 13.2 Å². The molecule has 2 aromatic heterocycles. The van der Waals surface area contributed by atoms with Gasteiger partial charge in [-0.25, -0.2) is 9.97 Å². The molecule has 4 heterocycles. The van der Waals surface area contributed by atoms with Gasteiger partial charge in [-0.1, -0.05) is 51.7 Å². The minimum Gasteiger partial charge on any atom is -0.387 e. The van der Waals surface area contributed by atoms with Crippen molar-refractivity contribution >= 4 is 69.5 Å². The van der Waals surface area contributed by atoms with E-state index in [1.807, 2.05) is 5.38 Å². The number of likely N-dealkylation sites (tertiary alicyclic amines) is 1. The number of benzene rings is 1. The number of aromatic nitrogens is 2. The maximum absolute atomic E-state index is 13.2. The Morgan fingerprint density at radius 2 is 1.90 bits per heavy atom. The Bertz CT molecular complexity index is 1390. The van der Waals surface area contributed by atoms with Crippen LogP contribution in [0.25, 0.3) is 0 Å². The van der Waals surface area contributed by atoms with Crippen LogP contribution in [0.3, 0.4) is 0 Å². The minimum atomic E-state index is -4.52. The number of thiazole rings is 1. The zero-order valence-electron chi connectivity index (χ0n) is 20.1. The van der Waals surface area contributed by atoms with Crippen molar-refractivity contribution in [2.24, 2.45) is 5.16 Å². The van der Waals surface area contributed by atoms with E-state index in [4.69, 9.17) is 44.6 Å². The third-order valence-electron chi connectivity index (χ3n) is 6.46. The molecular formula is C25H20Cl3F3N4O2S2. The number of pyridine rings is 1. The van der Waals surface area contributed by atoms with E-state index in [2.05, 4.69) is 10.1 Å². The number of hydrogen-bond donors (Lipinski definition) is 0. The van der Waals surface area contributed by atoms with Crippen LogP contribution >= 0.6 is 57.9 Å². The number of rotatable bonds is 6. The van der Waals surface area contributed by atoms with Crippen molar-refractivity contribution in [1.82, 2.24) is 14.9 Å². The lowest BCUT2D eigenvalue weighted by Gasteiger charge is -2.31. The maximum atomic E-state index is 13.2. The van der Waals surface area contributed by atoms with Crippen molar-refractivity contribution in [3.63, 3.8) is 0 Å². The fourth-order valence-electron chi connectivity index (χ4n) is 4.47. The number of alkyl halides is 3. The zero-order valence-corrected chi connectivity index (χ0v) is 24.0. The molecule has 206 valence electrons. The van der Waals surface area contributed by atoms with Crippen LogP contribution in [0, 0.1) is 0 Å². The first-order valence-corrected chi connectivity index (χ1v) is 14.9. The molecule has 1 fully saturated rings. The summed E-state index contributed by atoms with van der Waals surface area (Å²) in [6.45, 7) is 1.01. The van der Waals surface area contributed by atoms with Crippen molar-refractivity contribution in [2.75, 3.05) is 18.8 Å². The number of thioether (sulfide) groups is 1. The summed E-state index contributed by atoms with van der Waals surface area (Å²) in [6, 6.07) is 5.43. The molecule has 0 N–H and O–H groups in total. The van der Waals surface area contributed by atoms with Crippen molar-refractivity contribution in [1.29, 1.82) is 0 Å². The van der Waals surface area contributed by atoms with Gasteiger partial charge in [0.25, 0.3) is 0 Å². The molecule has 2 aliphatic rings. The largest absolute Gasteiger partial charge is 0.419 e. The Morgan fingerprint density at radius 3 is 2.59 bits per heavy atom. The number of amides is 1. The summed E-state index contributed by atoms with van der Waals surface area (Å²) in [4.78, 5) is 28.6. The van der Waals surface area contributed by atoms with Crippen molar-refractivity contribution < 1.29 is 22.8 Å². The molecule has 0 spiro atoms. The van der Waals surface area contributed by atoms with Gasteiger partial charge in [0.2, 0.25) is 5.91 Å². The second kappa shape index (κ2) is 11.8. The first-order valence-electron chi connectivity index (χ1n) is 11.9. The summed E-state index contributed by atoms with van der Waals surface area (Å²) < 4.78 is 39.6. The van der Waals surface area contributed by atoms with E-state index < -0.39 is 17.8 Å². The molecule has 0 aliphatic carbocycles. The predicted molar refractivity (Wildman–Crippen MR) is 147 cm³/mol. The van der Waals surface area contributed by atoms with E-state index in [-0.39, 0.29) is 22.6 Å². The number of halogens is 6. The summed E-state index contributed by atoms with van der Waals surface area (Å²) >= 11 is 21.0. The van der Waals surface area contributed by atoms with Gasteiger partial charge in [-0.05, 0) is 37.1 Å². The predicted octanol–water partition coefficient (Wildman–Crippen LogP) is 7.88. The van der Waals surface area contributed by atoms with Gasteiger partial charge in [0.15, 0.2) is 6.10 Å². The lowest BCUT2D eigenvalue weighted by molar-refractivity contribution is -0.140. The number of carbonyl (C=O) groups excluding carboxylic acids is 1. The maximum Gasteiger partial charge on any atom is 0.419 e. The second-order valence-electron chi connectivity index (χ2n) is 8.99. The number of nitrogens with zero attached hydrogens (tertiary/aromatic N) is 4. The highest BCUT2D eigenvalue weighted by Crippen LogP contribution is 2.40. The zero-order chi connectivity index (χ0) is 27.7. The normalized spacial score (nSPS) is 18.3. The molecule has 1 amide bonds. The number of hydrogen-bond acceptors (Lipinski definition) is 7. The van der Waals surface area contributed by atoms with Crippen LogP contribution < -0.4 is 0 Å². The van der Waals surface area contributed by atoms with Crippen LogP contribution in [0.5, 0.6) is 0 Å². The van der Waals surface area contributed by atoms with E-state index in [1.165, 1.54) is 23.6 Å². The SMILES string of the molecule is O=C(CSc1ncccc1C(F)(F)F)N1CCC(c2nc(C3=NOC(c4c(Cl)cc(Cl)cc4Cl)C3)cs2)CC1. The van der Waals surface area contributed by atoms with Gasteiger partial charge >= 0.3 is 6.18 Å². The summed E-state index contributed by atoms with van der Waals surface area (Å²) in [5.74, 6) is -0.138. The lowest BCUT2D eigenvalue weighted by Crippen LogP contribution is -2.39. The first kappa shape index (κ1) is 28.5. The molecule has 0 saturated carbocycles. The van der Waals surface area contributed by atoms with E-state index in [9.17, 15) is 18.0 Å². The highest BCUT2D eigenvalue weighted by atomic mass is 35.5. The molecule has 3 aromatic rings. The van der Waals surface area contributed by atoms with Crippen LogP contribution in [0.2, 0.25) is 15.1 Å². The van der Waals surface area contributed by atoms with Crippen LogP contribution in [0.15, 0.2) is 46.0 Å². The smallest absolute Gasteiger partial charge is 0.387 e. The van der Waals surface area contributed by atoms with Gasteiger partial charge in [0.05, 0.1) is 32.1 Å². The third kappa shape index (κ3) is 6.48. The van der Waals surface area contributed by atoms with Crippen LogP contribution in [-0.2, 0) is 15.8 Å². The summed E-state index contributed by atoms with van der Waals surface area (Å²) in [5, 5.41) is 8.16. The van der Waals surface area contributed by atoms with Crippen molar-refractivity contribution in [2.45, 2.75) is 42.5 Å². The molecule has 1 atom stereocenters. The average molecular weight is 636 g/mol. The molecule has 39 heavy (non-hydrogen) atoms.